The number of sulfone groups is 1. The van der Waals surface area contributed by atoms with Crippen molar-refractivity contribution >= 4 is 9.84 Å². The van der Waals surface area contributed by atoms with Crippen LogP contribution in [0.1, 0.15) is 6.92 Å². The molecule has 62 valence electrons. The van der Waals surface area contributed by atoms with Gasteiger partial charge in [0.15, 0.2) is 6.67 Å². The molecule has 0 aliphatic rings. The first-order valence-corrected chi connectivity index (χ1v) is 4.18. The summed E-state index contributed by atoms with van der Waals surface area (Å²) < 4.78 is 55.8. The molecule has 0 heterocycles. The lowest BCUT2D eigenvalue weighted by atomic mass is 10.8. The second-order valence-corrected chi connectivity index (χ2v) is 4.08. The Balaban J connectivity index is 4.64. The predicted molar refractivity (Wildman–Crippen MR) is 30.4 cm³/mol. The van der Waals surface area contributed by atoms with Crippen molar-refractivity contribution in [2.24, 2.45) is 0 Å². The van der Waals surface area contributed by atoms with E-state index in [9.17, 15) is 21.6 Å². The minimum absolute atomic E-state index is 0.746. The van der Waals surface area contributed by atoms with E-state index in [1.165, 1.54) is 0 Å². The third kappa shape index (κ3) is 1.62. The lowest BCUT2D eigenvalue weighted by Crippen LogP contribution is -2.32. The van der Waals surface area contributed by atoms with E-state index in [2.05, 4.69) is 0 Å². The summed E-state index contributed by atoms with van der Waals surface area (Å²) in [5.41, 5.74) is 0. The van der Waals surface area contributed by atoms with Crippen LogP contribution in [0.3, 0.4) is 0 Å². The van der Waals surface area contributed by atoms with Crippen LogP contribution in [0.4, 0.5) is 13.2 Å². The van der Waals surface area contributed by atoms with Crippen LogP contribution in [0, 0.1) is 0 Å². The van der Waals surface area contributed by atoms with Crippen LogP contribution in [0.15, 0.2) is 0 Å². The average Bonchev–Trinajstić information content (AvgIpc) is 1.88. The van der Waals surface area contributed by atoms with E-state index in [0.29, 0.717) is 0 Å². The fourth-order valence-electron chi connectivity index (χ4n) is 0.294. The molecule has 2 nitrogen and oxygen atoms in total. The van der Waals surface area contributed by atoms with Crippen LogP contribution >= 0.6 is 0 Å². The van der Waals surface area contributed by atoms with Crippen LogP contribution in [0.5, 0.6) is 0 Å². The number of alkyl halides is 3. The fraction of sp³-hybridized carbons (Fsp3) is 1.00. The second kappa shape index (κ2) is 2.77. The van der Waals surface area contributed by atoms with E-state index in [-0.39, 0.29) is 0 Å². The lowest BCUT2D eigenvalue weighted by Gasteiger charge is -2.10. The van der Waals surface area contributed by atoms with E-state index < -0.39 is 27.5 Å². The van der Waals surface area contributed by atoms with Crippen LogP contribution in [0.2, 0.25) is 0 Å². The summed E-state index contributed by atoms with van der Waals surface area (Å²) in [6, 6.07) is 0. The minimum atomic E-state index is -4.56. The van der Waals surface area contributed by atoms with Crippen molar-refractivity contribution in [3.05, 3.63) is 0 Å². The van der Waals surface area contributed by atoms with Crippen molar-refractivity contribution in [1.29, 1.82) is 0 Å². The Labute approximate surface area is 57.0 Å². The molecule has 0 saturated heterocycles. The Morgan fingerprint density at radius 2 is 1.80 bits per heavy atom. The van der Waals surface area contributed by atoms with Gasteiger partial charge in [0, 0.05) is 0 Å². The topological polar surface area (TPSA) is 34.1 Å². The quantitative estimate of drug-likeness (QED) is 0.642. The normalized spacial score (nSPS) is 13.6. The van der Waals surface area contributed by atoms with Gasteiger partial charge in [-0.05, 0) is 0 Å². The SMILES string of the molecule is CCS(=O)(=O)C(F)(F)CF. The molecule has 0 aliphatic carbocycles. The second-order valence-electron chi connectivity index (χ2n) is 1.67. The van der Waals surface area contributed by atoms with E-state index in [1.807, 2.05) is 0 Å². The molecule has 0 aromatic carbocycles. The summed E-state index contributed by atoms with van der Waals surface area (Å²) in [6.07, 6.45) is 0. The maximum absolute atomic E-state index is 12.0. The molecular formula is C4H7F3O2S. The highest BCUT2D eigenvalue weighted by molar-refractivity contribution is 7.92. The number of hydrogen-bond acceptors (Lipinski definition) is 2. The third-order valence-corrected chi connectivity index (χ3v) is 2.77. The first-order chi connectivity index (χ1) is 4.37. The molecule has 0 saturated carbocycles. The molecular weight excluding hydrogens is 169 g/mol. The Hall–Kier alpha value is -0.260. The van der Waals surface area contributed by atoms with Gasteiger partial charge in [-0.25, -0.2) is 12.8 Å². The van der Waals surface area contributed by atoms with Gasteiger partial charge in [0.2, 0.25) is 9.84 Å². The first kappa shape index (κ1) is 9.74. The molecule has 0 unspecified atom stereocenters. The van der Waals surface area contributed by atoms with E-state index >= 15 is 0 Å². The molecule has 0 rings (SSSR count). The van der Waals surface area contributed by atoms with Gasteiger partial charge in [0.05, 0.1) is 5.75 Å². The van der Waals surface area contributed by atoms with Gasteiger partial charge in [-0.1, -0.05) is 6.92 Å². The zero-order valence-corrected chi connectivity index (χ0v) is 6.09. The van der Waals surface area contributed by atoms with Crippen molar-refractivity contribution in [2.75, 3.05) is 12.4 Å². The fourth-order valence-corrected chi connectivity index (χ4v) is 0.883. The highest BCUT2D eigenvalue weighted by Gasteiger charge is 2.43. The zero-order valence-electron chi connectivity index (χ0n) is 5.27. The zero-order chi connectivity index (χ0) is 8.41. The van der Waals surface area contributed by atoms with E-state index in [4.69, 9.17) is 0 Å². The molecule has 0 amide bonds. The predicted octanol–water partition coefficient (Wildman–Crippen LogP) is 0.983. The molecule has 0 bridgehead atoms. The van der Waals surface area contributed by atoms with Crippen molar-refractivity contribution in [2.45, 2.75) is 12.2 Å². The largest absolute Gasteiger partial charge is 0.373 e. The van der Waals surface area contributed by atoms with Gasteiger partial charge in [0.1, 0.15) is 0 Å². The highest BCUT2D eigenvalue weighted by atomic mass is 32.2. The van der Waals surface area contributed by atoms with E-state index in [0.717, 1.165) is 6.92 Å². The number of hydrogen-bond donors (Lipinski definition) is 0. The maximum atomic E-state index is 12.0. The van der Waals surface area contributed by atoms with Crippen molar-refractivity contribution in [1.82, 2.24) is 0 Å². The first-order valence-electron chi connectivity index (χ1n) is 2.53. The van der Waals surface area contributed by atoms with Crippen molar-refractivity contribution in [3.63, 3.8) is 0 Å². The Kier molecular flexibility index (Phi) is 2.70. The van der Waals surface area contributed by atoms with Crippen LogP contribution in [-0.4, -0.2) is 26.1 Å². The van der Waals surface area contributed by atoms with Gasteiger partial charge in [-0.3, -0.25) is 0 Å². The molecule has 0 N–H and O–H groups in total. The van der Waals surface area contributed by atoms with Crippen LogP contribution < -0.4 is 0 Å². The smallest absolute Gasteiger partial charge is 0.243 e. The number of rotatable bonds is 3. The van der Waals surface area contributed by atoms with Crippen LogP contribution in [0.25, 0.3) is 0 Å². The molecule has 6 heteroatoms. The monoisotopic (exact) mass is 176 g/mol. The Bertz CT molecular complexity index is 197. The summed E-state index contributed by atoms with van der Waals surface area (Å²) in [6.45, 7) is -1.11. The third-order valence-electron chi connectivity index (χ3n) is 0.991. The molecule has 10 heavy (non-hydrogen) atoms. The van der Waals surface area contributed by atoms with Crippen molar-refractivity contribution < 1.29 is 21.6 Å². The lowest BCUT2D eigenvalue weighted by molar-refractivity contribution is 0.0622. The van der Waals surface area contributed by atoms with Gasteiger partial charge in [-0.2, -0.15) is 8.78 Å². The molecule has 0 spiro atoms. The minimum Gasteiger partial charge on any atom is -0.243 e. The average molecular weight is 176 g/mol. The molecule has 0 aromatic heterocycles. The molecule has 0 radical (unpaired) electrons. The summed E-state index contributed by atoms with van der Waals surface area (Å²) in [4.78, 5) is 0. The molecule has 0 aromatic rings. The molecule has 0 aliphatic heterocycles. The highest BCUT2D eigenvalue weighted by Crippen LogP contribution is 2.22. The maximum Gasteiger partial charge on any atom is 0.373 e. The van der Waals surface area contributed by atoms with Gasteiger partial charge >= 0.3 is 5.25 Å². The Morgan fingerprint density at radius 1 is 1.40 bits per heavy atom. The van der Waals surface area contributed by atoms with Gasteiger partial charge < -0.3 is 0 Å². The summed E-state index contributed by atoms with van der Waals surface area (Å²) >= 11 is 0. The van der Waals surface area contributed by atoms with E-state index in [1.54, 1.807) is 0 Å². The van der Waals surface area contributed by atoms with Crippen LogP contribution in [-0.2, 0) is 9.84 Å². The standard InChI is InChI=1S/C4H7F3O2S/c1-2-10(8,9)4(6,7)3-5/h2-3H2,1H3. The molecule has 0 atom stereocenters. The summed E-state index contributed by atoms with van der Waals surface area (Å²) in [5, 5.41) is -4.21. The Morgan fingerprint density at radius 3 is 1.90 bits per heavy atom. The number of halogens is 3. The molecule has 0 fully saturated rings. The summed E-state index contributed by atoms with van der Waals surface area (Å²) in [7, 11) is -4.56. The summed E-state index contributed by atoms with van der Waals surface area (Å²) in [5.74, 6) is -0.746. The van der Waals surface area contributed by atoms with Gasteiger partial charge in [-0.15, -0.1) is 0 Å². The van der Waals surface area contributed by atoms with Crippen molar-refractivity contribution in [3.8, 4) is 0 Å². The van der Waals surface area contributed by atoms with Gasteiger partial charge in [0.25, 0.3) is 0 Å².